The van der Waals surface area contributed by atoms with Crippen LogP contribution in [0.5, 0.6) is 11.5 Å². The fourth-order valence-electron chi connectivity index (χ4n) is 5.07. The first kappa shape index (κ1) is 31.5. The highest BCUT2D eigenvalue weighted by Gasteiger charge is 2.30. The Bertz CT molecular complexity index is 1650. The van der Waals surface area contributed by atoms with E-state index in [4.69, 9.17) is 25.0 Å². The number of benzene rings is 2. The average Bonchev–Trinajstić information content (AvgIpc) is 3.65. The standard InChI is InChI=1S/C33H39N7O5/c1-33(2,3)45-32(42)38(19-20-43-4)17-8-11-27(41)39-18-16-24(21-39)40-31-28(30(34)35-22-36-31)29(37-40)23-12-14-26(15-13-23)44-25-9-6-5-7-10-25/h5-15,22,24H,16-21H2,1-4H3,(H2,34,35,36)/t24-/m1/s1. The van der Waals surface area contributed by atoms with Crippen molar-refractivity contribution in [2.24, 2.45) is 0 Å². The van der Waals surface area contributed by atoms with E-state index in [2.05, 4.69) is 9.97 Å². The minimum absolute atomic E-state index is 0.103. The van der Waals surface area contributed by atoms with Gasteiger partial charge in [-0.2, -0.15) is 5.10 Å². The first-order chi connectivity index (χ1) is 21.6. The van der Waals surface area contributed by atoms with Crippen molar-refractivity contribution in [2.75, 3.05) is 45.6 Å². The van der Waals surface area contributed by atoms with E-state index >= 15 is 0 Å². The maximum atomic E-state index is 13.1. The first-order valence-corrected chi connectivity index (χ1v) is 14.9. The Morgan fingerprint density at radius 1 is 1.07 bits per heavy atom. The molecule has 45 heavy (non-hydrogen) atoms. The summed E-state index contributed by atoms with van der Waals surface area (Å²) in [6, 6.07) is 17.1. The van der Waals surface area contributed by atoms with Gasteiger partial charge in [0.05, 0.1) is 18.0 Å². The first-order valence-electron chi connectivity index (χ1n) is 14.9. The highest BCUT2D eigenvalue weighted by molar-refractivity contribution is 5.98. The van der Waals surface area contributed by atoms with E-state index in [0.717, 1.165) is 11.3 Å². The number of hydrogen-bond donors (Lipinski definition) is 1. The minimum Gasteiger partial charge on any atom is -0.457 e. The number of hydrogen-bond acceptors (Lipinski definition) is 9. The molecule has 5 rings (SSSR count). The van der Waals surface area contributed by atoms with Crippen LogP contribution in [-0.2, 0) is 14.3 Å². The Kier molecular flexibility index (Phi) is 9.62. The Hall–Kier alpha value is -4.97. The molecule has 0 bridgehead atoms. The van der Waals surface area contributed by atoms with Crippen molar-refractivity contribution in [3.63, 3.8) is 0 Å². The SMILES string of the molecule is COCCN(CC=CC(=O)N1CC[C@@H](n2nc(-c3ccc(Oc4ccccc4)cc3)c3c(N)ncnc32)C1)C(=O)OC(C)(C)C. The molecule has 1 aliphatic heterocycles. The molecular weight excluding hydrogens is 574 g/mol. The zero-order chi connectivity index (χ0) is 32.0. The van der Waals surface area contributed by atoms with Crippen LogP contribution in [0.15, 0.2) is 73.1 Å². The van der Waals surface area contributed by atoms with E-state index < -0.39 is 11.7 Å². The molecule has 1 fully saturated rings. The number of nitrogen functional groups attached to an aromatic ring is 1. The predicted octanol–water partition coefficient (Wildman–Crippen LogP) is 5.08. The summed E-state index contributed by atoms with van der Waals surface area (Å²) >= 11 is 0. The monoisotopic (exact) mass is 613 g/mol. The van der Waals surface area contributed by atoms with E-state index in [0.29, 0.717) is 61.0 Å². The number of rotatable bonds is 10. The van der Waals surface area contributed by atoms with Crippen molar-refractivity contribution < 1.29 is 23.8 Å². The molecule has 0 aliphatic carbocycles. The highest BCUT2D eigenvalue weighted by atomic mass is 16.6. The van der Waals surface area contributed by atoms with Crippen LogP contribution in [0.2, 0.25) is 0 Å². The highest BCUT2D eigenvalue weighted by Crippen LogP contribution is 2.35. The number of carbonyl (C=O) groups is 2. The van der Waals surface area contributed by atoms with Gasteiger partial charge in [-0.25, -0.2) is 19.4 Å². The van der Waals surface area contributed by atoms with E-state index in [1.54, 1.807) is 18.1 Å². The van der Waals surface area contributed by atoms with Gasteiger partial charge in [-0.3, -0.25) is 4.79 Å². The Balaban J connectivity index is 1.29. The van der Waals surface area contributed by atoms with Crippen LogP contribution in [-0.4, -0.2) is 87.0 Å². The Morgan fingerprint density at radius 2 is 1.80 bits per heavy atom. The summed E-state index contributed by atoms with van der Waals surface area (Å²) in [7, 11) is 1.57. The van der Waals surface area contributed by atoms with Gasteiger partial charge in [-0.05, 0) is 63.6 Å². The molecule has 0 radical (unpaired) electrons. The van der Waals surface area contributed by atoms with Gasteiger partial charge >= 0.3 is 6.09 Å². The minimum atomic E-state index is -0.626. The normalized spacial score (nSPS) is 15.1. The molecule has 4 aromatic rings. The van der Waals surface area contributed by atoms with Crippen LogP contribution < -0.4 is 10.5 Å². The number of anilines is 1. The number of methoxy groups -OCH3 is 1. The summed E-state index contributed by atoms with van der Waals surface area (Å²) in [5.74, 6) is 1.64. The third-order valence-corrected chi connectivity index (χ3v) is 7.25. The maximum Gasteiger partial charge on any atom is 0.410 e. The lowest BCUT2D eigenvalue weighted by atomic mass is 10.1. The summed E-state index contributed by atoms with van der Waals surface area (Å²) in [5, 5.41) is 5.60. The van der Waals surface area contributed by atoms with Crippen molar-refractivity contribution in [3.8, 4) is 22.8 Å². The van der Waals surface area contributed by atoms with Gasteiger partial charge in [0.25, 0.3) is 0 Å². The molecule has 1 atom stereocenters. The van der Waals surface area contributed by atoms with Crippen LogP contribution in [0.1, 0.15) is 33.2 Å². The smallest absolute Gasteiger partial charge is 0.410 e. The summed E-state index contributed by atoms with van der Waals surface area (Å²) in [6.45, 7) is 7.36. The van der Waals surface area contributed by atoms with E-state index in [-0.39, 0.29) is 18.5 Å². The summed E-state index contributed by atoms with van der Waals surface area (Å²) < 4.78 is 18.4. The van der Waals surface area contributed by atoms with Gasteiger partial charge in [0.15, 0.2) is 5.65 Å². The van der Waals surface area contributed by atoms with Crippen molar-refractivity contribution in [1.82, 2.24) is 29.5 Å². The number of para-hydroxylation sites is 1. The molecule has 1 aliphatic rings. The average molecular weight is 614 g/mol. The molecule has 2 N–H and O–H groups in total. The summed E-state index contributed by atoms with van der Waals surface area (Å²) in [6.07, 6.45) is 4.84. The van der Waals surface area contributed by atoms with Gasteiger partial charge in [-0.1, -0.05) is 24.3 Å². The number of carbonyl (C=O) groups excluding carboxylic acids is 2. The van der Waals surface area contributed by atoms with Gasteiger partial charge < -0.3 is 29.7 Å². The third-order valence-electron chi connectivity index (χ3n) is 7.25. The van der Waals surface area contributed by atoms with Gasteiger partial charge in [0, 0.05) is 44.9 Å². The molecule has 12 nitrogen and oxygen atoms in total. The predicted molar refractivity (Wildman–Crippen MR) is 171 cm³/mol. The Morgan fingerprint density at radius 3 is 2.51 bits per heavy atom. The summed E-state index contributed by atoms with van der Waals surface area (Å²) in [5.41, 5.74) is 7.83. The molecule has 1 saturated heterocycles. The van der Waals surface area contributed by atoms with E-state index in [9.17, 15) is 9.59 Å². The zero-order valence-corrected chi connectivity index (χ0v) is 26.1. The number of nitrogens with two attached hydrogens (primary N) is 1. The Labute approximate surface area is 262 Å². The topological polar surface area (TPSA) is 138 Å². The number of likely N-dealkylation sites (tertiary alicyclic amines) is 1. The number of ether oxygens (including phenoxy) is 3. The number of aromatic nitrogens is 4. The fourth-order valence-corrected chi connectivity index (χ4v) is 5.07. The lowest BCUT2D eigenvalue weighted by Gasteiger charge is -2.26. The molecule has 2 amide bonds. The van der Waals surface area contributed by atoms with Crippen LogP contribution in [0, 0.1) is 0 Å². The fraction of sp³-hybridized carbons (Fsp3) is 0.364. The van der Waals surface area contributed by atoms with Crippen LogP contribution in [0.3, 0.4) is 0 Å². The van der Waals surface area contributed by atoms with E-state index in [1.807, 2.05) is 80.1 Å². The third kappa shape index (κ3) is 7.76. The van der Waals surface area contributed by atoms with Gasteiger partial charge in [0.2, 0.25) is 5.91 Å². The van der Waals surface area contributed by atoms with Crippen LogP contribution in [0.25, 0.3) is 22.3 Å². The molecule has 0 unspecified atom stereocenters. The zero-order valence-electron chi connectivity index (χ0n) is 26.1. The molecule has 0 spiro atoms. The lowest BCUT2D eigenvalue weighted by molar-refractivity contribution is -0.125. The second-order valence-electron chi connectivity index (χ2n) is 11.7. The van der Waals surface area contributed by atoms with Crippen LogP contribution in [0.4, 0.5) is 10.6 Å². The van der Waals surface area contributed by atoms with Crippen molar-refractivity contribution in [2.45, 2.75) is 38.8 Å². The van der Waals surface area contributed by atoms with Crippen LogP contribution >= 0.6 is 0 Å². The molecule has 2 aromatic heterocycles. The quantitative estimate of drug-likeness (QED) is 0.243. The van der Waals surface area contributed by atoms with Crippen molar-refractivity contribution in [1.29, 1.82) is 0 Å². The second kappa shape index (κ2) is 13.8. The van der Waals surface area contributed by atoms with E-state index in [1.165, 1.54) is 17.3 Å². The van der Waals surface area contributed by atoms with Gasteiger partial charge in [0.1, 0.15) is 34.9 Å². The molecule has 2 aromatic carbocycles. The van der Waals surface area contributed by atoms with Crippen molar-refractivity contribution in [3.05, 3.63) is 73.1 Å². The van der Waals surface area contributed by atoms with Crippen molar-refractivity contribution >= 4 is 28.9 Å². The second-order valence-corrected chi connectivity index (χ2v) is 11.7. The molecule has 0 saturated carbocycles. The lowest BCUT2D eigenvalue weighted by Crippen LogP contribution is -2.39. The molecule has 12 heteroatoms. The number of amides is 2. The van der Waals surface area contributed by atoms with Gasteiger partial charge in [-0.15, -0.1) is 0 Å². The molecular formula is C33H39N7O5. The number of fused-ring (bicyclic) bond motifs is 1. The molecule has 236 valence electrons. The largest absolute Gasteiger partial charge is 0.457 e. The molecule has 3 heterocycles. The number of nitrogens with zero attached hydrogens (tertiary/aromatic N) is 6. The summed E-state index contributed by atoms with van der Waals surface area (Å²) in [4.78, 5) is 37.7. The maximum absolute atomic E-state index is 13.1.